The molecule has 4 heteroatoms. The maximum atomic E-state index is 10.1. The third-order valence-corrected chi connectivity index (χ3v) is 3.95. The summed E-state index contributed by atoms with van der Waals surface area (Å²) in [5.74, 6) is 0. The van der Waals surface area contributed by atoms with Crippen molar-refractivity contribution in [2.75, 3.05) is 0 Å². The van der Waals surface area contributed by atoms with E-state index in [-0.39, 0.29) is 12.1 Å². The zero-order valence-electron chi connectivity index (χ0n) is 9.60. The normalized spacial score (nSPS) is 25.2. The van der Waals surface area contributed by atoms with Crippen LogP contribution in [0.15, 0.2) is 24.3 Å². The fourth-order valence-electron chi connectivity index (χ4n) is 2.80. The predicted octanol–water partition coefficient (Wildman–Crippen LogP) is 3.17. The number of nitrogens with zero attached hydrogens (tertiary/aromatic N) is 1. The van der Waals surface area contributed by atoms with E-state index in [1.165, 1.54) is 6.42 Å². The first kappa shape index (κ1) is 11.0. The summed E-state index contributed by atoms with van der Waals surface area (Å²) in [5.41, 5.74) is 2.15. The molecule has 1 heterocycles. The number of nitrogens with one attached hydrogen (secondary N) is 1. The summed E-state index contributed by atoms with van der Waals surface area (Å²) in [5, 5.41) is 10.1. The van der Waals surface area contributed by atoms with Crippen LogP contribution in [-0.2, 0) is 0 Å². The Bertz CT molecular complexity index is 586. The van der Waals surface area contributed by atoms with Crippen LogP contribution in [0.1, 0.15) is 31.7 Å². The number of para-hydroxylation sites is 2. The Morgan fingerprint density at radius 2 is 2.00 bits per heavy atom. The van der Waals surface area contributed by atoms with E-state index in [2.05, 4.69) is 15.6 Å². The molecule has 2 N–H and O–H groups in total. The second kappa shape index (κ2) is 4.27. The lowest BCUT2D eigenvalue weighted by molar-refractivity contribution is 0.0767. The first-order valence-electron chi connectivity index (χ1n) is 6.14. The minimum absolute atomic E-state index is 0.132. The van der Waals surface area contributed by atoms with Crippen molar-refractivity contribution in [2.24, 2.45) is 0 Å². The van der Waals surface area contributed by atoms with Gasteiger partial charge in [-0.15, -0.1) is 0 Å². The lowest BCUT2D eigenvalue weighted by Crippen LogP contribution is -2.27. The van der Waals surface area contributed by atoms with Crippen LogP contribution in [0.25, 0.3) is 11.0 Å². The molecule has 0 radical (unpaired) electrons. The average Bonchev–Trinajstić information content (AvgIpc) is 2.66. The summed E-state index contributed by atoms with van der Waals surface area (Å²) in [6.45, 7) is 0. The van der Waals surface area contributed by atoms with E-state index >= 15 is 0 Å². The van der Waals surface area contributed by atoms with Crippen LogP contribution in [0, 0.1) is 4.77 Å². The van der Waals surface area contributed by atoms with Gasteiger partial charge in [-0.25, -0.2) is 0 Å². The van der Waals surface area contributed by atoms with Crippen molar-refractivity contribution >= 4 is 23.3 Å². The molecule has 1 aromatic carbocycles. The van der Waals surface area contributed by atoms with Gasteiger partial charge in [0.05, 0.1) is 23.2 Å². The van der Waals surface area contributed by atoms with Crippen LogP contribution >= 0.6 is 12.2 Å². The lowest BCUT2D eigenvalue weighted by Gasteiger charge is -2.29. The number of aromatic nitrogens is 2. The number of aliphatic hydroxyl groups excluding tert-OH is 1. The molecule has 0 amide bonds. The molecule has 3 rings (SSSR count). The first-order chi connectivity index (χ1) is 8.27. The van der Waals surface area contributed by atoms with E-state index in [9.17, 15) is 5.11 Å². The van der Waals surface area contributed by atoms with Crippen molar-refractivity contribution in [3.63, 3.8) is 0 Å². The molecule has 3 nitrogen and oxygen atoms in total. The molecule has 1 aliphatic carbocycles. The number of hydrogen-bond donors (Lipinski definition) is 2. The van der Waals surface area contributed by atoms with Crippen molar-refractivity contribution in [2.45, 2.75) is 37.8 Å². The fourth-order valence-corrected chi connectivity index (χ4v) is 3.14. The van der Waals surface area contributed by atoms with Gasteiger partial charge in [0.15, 0.2) is 4.77 Å². The average molecular weight is 248 g/mol. The summed E-state index contributed by atoms with van der Waals surface area (Å²) in [4.78, 5) is 3.21. The van der Waals surface area contributed by atoms with Gasteiger partial charge in [-0.2, -0.15) is 0 Å². The van der Waals surface area contributed by atoms with Crippen molar-refractivity contribution in [1.82, 2.24) is 9.55 Å². The molecule has 0 saturated heterocycles. The quantitative estimate of drug-likeness (QED) is 0.761. The topological polar surface area (TPSA) is 41.0 Å². The van der Waals surface area contributed by atoms with Gasteiger partial charge in [0.25, 0.3) is 0 Å². The monoisotopic (exact) mass is 248 g/mol. The van der Waals surface area contributed by atoms with Gasteiger partial charge in [0.1, 0.15) is 0 Å². The highest BCUT2D eigenvalue weighted by atomic mass is 32.1. The SMILES string of the molecule is OC1CCCCC1n1c(=S)[nH]c2ccccc21. The van der Waals surface area contributed by atoms with Gasteiger partial charge >= 0.3 is 0 Å². The molecule has 1 aliphatic rings. The summed E-state index contributed by atoms with van der Waals surface area (Å²) < 4.78 is 2.81. The molecule has 2 atom stereocenters. The van der Waals surface area contributed by atoms with E-state index in [4.69, 9.17) is 12.2 Å². The maximum absolute atomic E-state index is 10.1. The summed E-state index contributed by atoms with van der Waals surface area (Å²) >= 11 is 5.38. The van der Waals surface area contributed by atoms with Gasteiger partial charge < -0.3 is 14.7 Å². The summed E-state index contributed by atoms with van der Waals surface area (Å²) in [7, 11) is 0. The fraction of sp³-hybridized carbons (Fsp3) is 0.462. The van der Waals surface area contributed by atoms with Gasteiger partial charge in [0.2, 0.25) is 0 Å². The molecule has 17 heavy (non-hydrogen) atoms. The number of imidazole rings is 1. The second-order valence-electron chi connectivity index (χ2n) is 4.74. The van der Waals surface area contributed by atoms with Crippen LogP contribution < -0.4 is 0 Å². The molecule has 2 aromatic rings. The van der Waals surface area contributed by atoms with E-state index in [1.54, 1.807) is 0 Å². The van der Waals surface area contributed by atoms with Crippen LogP contribution in [0.5, 0.6) is 0 Å². The molecule has 0 spiro atoms. The number of fused-ring (bicyclic) bond motifs is 1. The maximum Gasteiger partial charge on any atom is 0.178 e. The Labute approximate surface area is 105 Å². The molecular weight excluding hydrogens is 232 g/mol. The van der Waals surface area contributed by atoms with Crippen LogP contribution in [-0.4, -0.2) is 20.8 Å². The van der Waals surface area contributed by atoms with Crippen molar-refractivity contribution in [3.05, 3.63) is 29.0 Å². The highest BCUT2D eigenvalue weighted by Gasteiger charge is 2.26. The van der Waals surface area contributed by atoms with Crippen LogP contribution in [0.3, 0.4) is 0 Å². The Morgan fingerprint density at radius 3 is 2.82 bits per heavy atom. The van der Waals surface area contributed by atoms with Crippen LogP contribution in [0.4, 0.5) is 0 Å². The molecule has 0 aliphatic heterocycles. The smallest absolute Gasteiger partial charge is 0.178 e. The van der Waals surface area contributed by atoms with Gasteiger partial charge in [-0.1, -0.05) is 25.0 Å². The molecule has 90 valence electrons. The van der Waals surface area contributed by atoms with E-state index in [0.29, 0.717) is 0 Å². The molecule has 2 unspecified atom stereocenters. The largest absolute Gasteiger partial charge is 0.391 e. The van der Waals surface area contributed by atoms with Crippen molar-refractivity contribution in [3.8, 4) is 0 Å². The van der Waals surface area contributed by atoms with E-state index in [1.807, 2.05) is 18.2 Å². The zero-order valence-corrected chi connectivity index (χ0v) is 10.4. The molecule has 0 bridgehead atoms. The molecule has 1 aromatic heterocycles. The van der Waals surface area contributed by atoms with E-state index in [0.717, 1.165) is 35.1 Å². The van der Waals surface area contributed by atoms with Crippen molar-refractivity contribution < 1.29 is 5.11 Å². The van der Waals surface area contributed by atoms with Crippen molar-refractivity contribution in [1.29, 1.82) is 0 Å². The Hall–Kier alpha value is -1.13. The number of aliphatic hydroxyl groups is 1. The van der Waals surface area contributed by atoms with Gasteiger partial charge in [-0.05, 0) is 37.2 Å². The number of aromatic amines is 1. The number of hydrogen-bond acceptors (Lipinski definition) is 2. The molecular formula is C13H16N2OS. The number of rotatable bonds is 1. The minimum Gasteiger partial charge on any atom is -0.391 e. The second-order valence-corrected chi connectivity index (χ2v) is 5.12. The summed E-state index contributed by atoms with van der Waals surface area (Å²) in [6, 6.07) is 8.22. The number of H-pyrrole nitrogens is 1. The summed E-state index contributed by atoms with van der Waals surface area (Å²) in [6.07, 6.45) is 3.91. The minimum atomic E-state index is -0.269. The predicted molar refractivity (Wildman–Crippen MR) is 70.6 cm³/mol. The number of benzene rings is 1. The van der Waals surface area contributed by atoms with E-state index < -0.39 is 0 Å². The molecule has 1 saturated carbocycles. The zero-order chi connectivity index (χ0) is 11.8. The van der Waals surface area contributed by atoms with Crippen LogP contribution in [0.2, 0.25) is 0 Å². The Kier molecular flexibility index (Phi) is 2.76. The van der Waals surface area contributed by atoms with Gasteiger partial charge in [-0.3, -0.25) is 0 Å². The third-order valence-electron chi connectivity index (χ3n) is 3.65. The van der Waals surface area contributed by atoms with Gasteiger partial charge in [0, 0.05) is 0 Å². The standard InChI is InChI=1S/C13H16N2OS/c16-12-8-4-3-7-11(12)15-10-6-2-1-5-9(10)14-13(15)17/h1-2,5-6,11-12,16H,3-4,7-8H2,(H,14,17). The molecule has 1 fully saturated rings. The third kappa shape index (κ3) is 1.81. The Balaban J connectivity index is 2.15. The highest BCUT2D eigenvalue weighted by Crippen LogP contribution is 2.31. The Morgan fingerprint density at radius 1 is 1.24 bits per heavy atom. The highest BCUT2D eigenvalue weighted by molar-refractivity contribution is 7.71. The first-order valence-corrected chi connectivity index (χ1v) is 6.55. The lowest BCUT2D eigenvalue weighted by atomic mass is 9.92.